The highest BCUT2D eigenvalue weighted by molar-refractivity contribution is 5.87. The molecule has 0 aromatic heterocycles. The smallest absolute Gasteiger partial charge is 0.243 e. The molecule has 0 radical (unpaired) electrons. The van der Waals surface area contributed by atoms with Gasteiger partial charge in [-0.1, -0.05) is 13.2 Å². The van der Waals surface area contributed by atoms with Crippen LogP contribution in [0.15, 0.2) is 25.3 Å². The van der Waals surface area contributed by atoms with Crippen molar-refractivity contribution in [3.05, 3.63) is 25.3 Å². The molecule has 0 fully saturated rings. The fourth-order valence-electron chi connectivity index (χ4n) is 1.67. The predicted octanol–water partition coefficient (Wildman–Crippen LogP) is 0.336. The number of rotatable bonds is 16. The third-order valence-electron chi connectivity index (χ3n) is 3.13. The van der Waals surface area contributed by atoms with Crippen molar-refractivity contribution in [3.63, 3.8) is 0 Å². The van der Waals surface area contributed by atoms with Gasteiger partial charge < -0.3 is 25.0 Å². The summed E-state index contributed by atoms with van der Waals surface area (Å²) in [7, 11) is 2.02. The molecule has 0 aromatic rings. The number of nitrogens with zero attached hydrogens (tertiary/aromatic N) is 1. The molecule has 0 spiro atoms. The van der Waals surface area contributed by atoms with Gasteiger partial charge in [0.1, 0.15) is 0 Å². The van der Waals surface area contributed by atoms with E-state index in [1.54, 1.807) is 0 Å². The van der Waals surface area contributed by atoms with Gasteiger partial charge in [0.2, 0.25) is 11.8 Å². The molecular weight excluding hydrogens is 310 g/mol. The summed E-state index contributed by atoms with van der Waals surface area (Å²) in [6.07, 6.45) is 4.09. The van der Waals surface area contributed by atoms with Gasteiger partial charge in [0.05, 0.1) is 13.2 Å². The Bertz CT molecular complexity index is 341. The highest BCUT2D eigenvalue weighted by Crippen LogP contribution is 1.88. The van der Waals surface area contributed by atoms with Crippen molar-refractivity contribution in [1.29, 1.82) is 0 Å². The maximum atomic E-state index is 10.9. The average Bonchev–Trinajstić information content (AvgIpc) is 2.59. The zero-order chi connectivity index (χ0) is 18.0. The first kappa shape index (κ1) is 22.3. The molecule has 0 atom stereocenters. The summed E-state index contributed by atoms with van der Waals surface area (Å²) in [5.41, 5.74) is 0. The quantitative estimate of drug-likeness (QED) is 0.313. The van der Waals surface area contributed by atoms with Crippen LogP contribution in [0, 0.1) is 0 Å². The Morgan fingerprint density at radius 3 is 1.67 bits per heavy atom. The zero-order valence-corrected chi connectivity index (χ0v) is 14.7. The van der Waals surface area contributed by atoms with Gasteiger partial charge >= 0.3 is 0 Å². The van der Waals surface area contributed by atoms with E-state index >= 15 is 0 Å². The van der Waals surface area contributed by atoms with Crippen LogP contribution in [0.2, 0.25) is 0 Å². The van der Waals surface area contributed by atoms with Crippen LogP contribution in [0.25, 0.3) is 0 Å². The number of likely N-dealkylation sites (N-methyl/N-ethyl adjacent to an activating group) is 1. The van der Waals surface area contributed by atoms with Crippen molar-refractivity contribution >= 4 is 11.8 Å². The van der Waals surface area contributed by atoms with Crippen LogP contribution in [0.3, 0.4) is 0 Å². The number of ether oxygens (including phenoxy) is 2. The molecule has 0 saturated heterocycles. The minimum atomic E-state index is -0.155. The molecule has 0 aliphatic heterocycles. The summed E-state index contributed by atoms with van der Waals surface area (Å²) in [6, 6.07) is 0. The molecule has 0 aliphatic carbocycles. The van der Waals surface area contributed by atoms with Crippen LogP contribution in [0.5, 0.6) is 0 Å². The molecule has 0 saturated carbocycles. The normalized spacial score (nSPS) is 10.4. The van der Waals surface area contributed by atoms with Crippen LogP contribution in [0.4, 0.5) is 0 Å². The van der Waals surface area contributed by atoms with Crippen molar-refractivity contribution < 1.29 is 19.1 Å². The molecule has 138 valence electrons. The van der Waals surface area contributed by atoms with Crippen molar-refractivity contribution in [2.24, 2.45) is 0 Å². The predicted molar refractivity (Wildman–Crippen MR) is 94.8 cm³/mol. The highest BCUT2D eigenvalue weighted by atomic mass is 16.5. The summed E-state index contributed by atoms with van der Waals surface area (Å²) in [4.78, 5) is 24.0. The van der Waals surface area contributed by atoms with E-state index in [0.717, 1.165) is 25.9 Å². The fourth-order valence-corrected chi connectivity index (χ4v) is 1.67. The average molecular weight is 341 g/mol. The summed E-state index contributed by atoms with van der Waals surface area (Å²) >= 11 is 0. The van der Waals surface area contributed by atoms with Gasteiger partial charge in [0.25, 0.3) is 0 Å². The Balaban J connectivity index is 3.28. The van der Waals surface area contributed by atoms with E-state index < -0.39 is 0 Å². The molecule has 0 aliphatic rings. The van der Waals surface area contributed by atoms with Crippen molar-refractivity contribution in [1.82, 2.24) is 15.5 Å². The Labute approximate surface area is 145 Å². The summed E-state index contributed by atoms with van der Waals surface area (Å²) in [6.45, 7) is 12.2. The third-order valence-corrected chi connectivity index (χ3v) is 3.13. The number of carbonyl (C=O) groups excluding carboxylic acids is 2. The van der Waals surface area contributed by atoms with Gasteiger partial charge in [0, 0.05) is 39.4 Å². The maximum Gasteiger partial charge on any atom is 0.243 e. The van der Waals surface area contributed by atoms with Crippen LogP contribution < -0.4 is 10.6 Å². The lowest BCUT2D eigenvalue weighted by Gasteiger charge is -2.16. The first-order valence-electron chi connectivity index (χ1n) is 8.24. The second-order valence-corrected chi connectivity index (χ2v) is 5.23. The van der Waals surface area contributed by atoms with Gasteiger partial charge in [-0.05, 0) is 32.0 Å². The van der Waals surface area contributed by atoms with Crippen molar-refractivity contribution in [2.45, 2.75) is 12.8 Å². The van der Waals surface area contributed by atoms with Gasteiger partial charge in [0.15, 0.2) is 0 Å². The second-order valence-electron chi connectivity index (χ2n) is 5.23. The molecule has 24 heavy (non-hydrogen) atoms. The molecule has 7 nitrogen and oxygen atoms in total. The number of carbonyl (C=O) groups is 2. The number of nitrogens with one attached hydrogen (secondary N) is 2. The lowest BCUT2D eigenvalue weighted by molar-refractivity contribution is -0.117. The molecule has 2 N–H and O–H groups in total. The first-order valence-corrected chi connectivity index (χ1v) is 8.24. The Hall–Kier alpha value is -1.70. The van der Waals surface area contributed by atoms with E-state index in [1.807, 2.05) is 7.05 Å². The van der Waals surface area contributed by atoms with Crippen molar-refractivity contribution in [3.8, 4) is 0 Å². The van der Waals surface area contributed by atoms with Gasteiger partial charge in [-0.2, -0.15) is 0 Å². The molecular formula is C17H31N3O4. The Morgan fingerprint density at radius 2 is 1.29 bits per heavy atom. The minimum absolute atomic E-state index is 0.155. The van der Waals surface area contributed by atoms with Gasteiger partial charge in [-0.15, -0.1) is 0 Å². The maximum absolute atomic E-state index is 10.9. The minimum Gasteiger partial charge on any atom is -0.380 e. The van der Waals surface area contributed by atoms with E-state index in [2.05, 4.69) is 28.7 Å². The first-order chi connectivity index (χ1) is 11.6. The highest BCUT2D eigenvalue weighted by Gasteiger charge is 1.99. The third kappa shape index (κ3) is 15.2. The van der Waals surface area contributed by atoms with Crippen LogP contribution in [-0.2, 0) is 19.1 Å². The topological polar surface area (TPSA) is 79.9 Å². The summed E-state index contributed by atoms with van der Waals surface area (Å²) in [5.74, 6) is -0.310. The number of hydrogen-bond donors (Lipinski definition) is 2. The van der Waals surface area contributed by atoms with E-state index in [9.17, 15) is 9.59 Å². The summed E-state index contributed by atoms with van der Waals surface area (Å²) in [5, 5.41) is 5.40. The molecule has 0 heterocycles. The number of amides is 2. The lowest BCUT2D eigenvalue weighted by Crippen LogP contribution is -2.28. The fraction of sp³-hybridized carbons (Fsp3) is 0.647. The van der Waals surface area contributed by atoms with E-state index in [1.165, 1.54) is 12.2 Å². The molecule has 0 aromatic carbocycles. The molecule has 0 bridgehead atoms. The van der Waals surface area contributed by atoms with E-state index in [0.29, 0.717) is 39.5 Å². The molecule has 0 rings (SSSR count). The zero-order valence-electron chi connectivity index (χ0n) is 14.7. The van der Waals surface area contributed by atoms with E-state index in [-0.39, 0.29) is 11.8 Å². The Morgan fingerprint density at radius 1 is 0.875 bits per heavy atom. The van der Waals surface area contributed by atoms with Crippen LogP contribution in [0.1, 0.15) is 12.8 Å². The SMILES string of the molecule is C=CC(=O)NCCCOCCN(C)CCOCCCNC(=O)C=C. The number of hydrogen-bond acceptors (Lipinski definition) is 5. The second kappa shape index (κ2) is 16.2. The van der Waals surface area contributed by atoms with Crippen LogP contribution in [-0.4, -0.2) is 76.4 Å². The Kier molecular flexibility index (Phi) is 15.0. The summed E-state index contributed by atoms with van der Waals surface area (Å²) < 4.78 is 11.0. The van der Waals surface area contributed by atoms with E-state index in [4.69, 9.17) is 9.47 Å². The monoisotopic (exact) mass is 341 g/mol. The molecule has 0 unspecified atom stereocenters. The van der Waals surface area contributed by atoms with Crippen molar-refractivity contribution in [2.75, 3.05) is 59.7 Å². The molecule has 2 amide bonds. The van der Waals surface area contributed by atoms with Crippen LogP contribution >= 0.6 is 0 Å². The molecule has 7 heteroatoms. The lowest BCUT2D eigenvalue weighted by atomic mass is 10.4. The standard InChI is InChI=1S/C17H31N3O4/c1-4-16(21)18-8-6-12-23-14-10-20(3)11-15-24-13-7-9-19-17(22)5-2/h4-5H,1-2,6-15H2,3H3,(H,18,21)(H,19,22). The van der Waals surface area contributed by atoms with Gasteiger partial charge in [-0.25, -0.2) is 0 Å². The largest absolute Gasteiger partial charge is 0.380 e. The van der Waals surface area contributed by atoms with Gasteiger partial charge in [-0.3, -0.25) is 9.59 Å².